The maximum absolute atomic E-state index is 13.0. The van der Waals surface area contributed by atoms with Crippen LogP contribution in [0.15, 0.2) is 46.9 Å². The van der Waals surface area contributed by atoms with E-state index < -0.39 is 29.5 Å². The normalized spacial score (nSPS) is 16.8. The van der Waals surface area contributed by atoms with Crippen LogP contribution in [-0.2, 0) is 15.8 Å². The first kappa shape index (κ1) is 21.2. The number of rotatable bonds is 5. The summed E-state index contributed by atoms with van der Waals surface area (Å²) in [5, 5.41) is 2.44. The number of carbonyl (C=O) groups excluding carboxylic acids is 2. The summed E-state index contributed by atoms with van der Waals surface area (Å²) < 4.78 is 45.2. The van der Waals surface area contributed by atoms with E-state index in [1.807, 2.05) is 0 Å². The highest BCUT2D eigenvalue weighted by molar-refractivity contribution is 9.10. The number of halogens is 4. The Labute approximate surface area is 174 Å². The van der Waals surface area contributed by atoms with Gasteiger partial charge in [0.2, 0.25) is 11.8 Å². The van der Waals surface area contributed by atoms with Gasteiger partial charge in [-0.25, -0.2) is 0 Å². The monoisotopic (exact) mass is 470 g/mol. The van der Waals surface area contributed by atoms with E-state index in [9.17, 15) is 22.8 Å². The zero-order valence-electron chi connectivity index (χ0n) is 15.4. The van der Waals surface area contributed by atoms with Gasteiger partial charge in [0.1, 0.15) is 11.7 Å². The van der Waals surface area contributed by atoms with Crippen LogP contribution in [0, 0.1) is 5.92 Å². The van der Waals surface area contributed by atoms with Gasteiger partial charge in [0.25, 0.3) is 0 Å². The molecule has 154 valence electrons. The van der Waals surface area contributed by atoms with Gasteiger partial charge >= 0.3 is 6.18 Å². The second kappa shape index (κ2) is 8.44. The molecule has 1 unspecified atom stereocenters. The molecule has 1 aliphatic heterocycles. The quantitative estimate of drug-likeness (QED) is 0.634. The van der Waals surface area contributed by atoms with E-state index in [0.29, 0.717) is 16.7 Å². The molecule has 0 aromatic heterocycles. The van der Waals surface area contributed by atoms with Crippen molar-refractivity contribution in [2.24, 2.45) is 5.92 Å². The number of amides is 2. The van der Waals surface area contributed by atoms with Crippen molar-refractivity contribution in [2.75, 3.05) is 23.4 Å². The lowest BCUT2D eigenvalue weighted by Gasteiger charge is -2.19. The average molecular weight is 471 g/mol. The Balaban J connectivity index is 1.81. The van der Waals surface area contributed by atoms with Gasteiger partial charge < -0.3 is 15.0 Å². The third kappa shape index (κ3) is 4.55. The number of anilines is 2. The van der Waals surface area contributed by atoms with E-state index >= 15 is 0 Å². The van der Waals surface area contributed by atoms with E-state index in [1.54, 1.807) is 31.2 Å². The number of carbonyl (C=O) groups is 2. The van der Waals surface area contributed by atoms with Crippen molar-refractivity contribution in [3.05, 3.63) is 52.5 Å². The standard InChI is InChI=1S/C20H18BrF3N2O3/c1-2-29-17-8-7-12(20(22,23)24)11-15(17)25-18(27)13-9-10-26(19(13)28)16-6-4-3-5-14(16)21/h3-8,11,13H,2,9-10H2,1H3,(H,25,27). The summed E-state index contributed by atoms with van der Waals surface area (Å²) in [5.74, 6) is -1.95. The molecule has 2 aromatic rings. The lowest BCUT2D eigenvalue weighted by molar-refractivity contribution is -0.137. The van der Waals surface area contributed by atoms with Crippen LogP contribution < -0.4 is 15.0 Å². The summed E-state index contributed by atoms with van der Waals surface area (Å²) in [5.41, 5.74) is -0.385. The topological polar surface area (TPSA) is 58.6 Å². The first-order chi connectivity index (χ1) is 13.7. The Morgan fingerprint density at radius 2 is 2.00 bits per heavy atom. The number of hydrogen-bond donors (Lipinski definition) is 1. The van der Waals surface area contributed by atoms with Crippen molar-refractivity contribution >= 4 is 39.1 Å². The average Bonchev–Trinajstić information content (AvgIpc) is 3.04. The van der Waals surface area contributed by atoms with Crippen molar-refractivity contribution < 1.29 is 27.5 Å². The SMILES string of the molecule is CCOc1ccc(C(F)(F)F)cc1NC(=O)C1CCN(c2ccccc2Br)C1=O. The van der Waals surface area contributed by atoms with E-state index in [0.717, 1.165) is 18.2 Å². The molecule has 0 radical (unpaired) electrons. The third-order valence-corrected chi connectivity index (χ3v) is 5.20. The Kier molecular flexibility index (Phi) is 6.16. The number of nitrogens with zero attached hydrogens (tertiary/aromatic N) is 1. The summed E-state index contributed by atoms with van der Waals surface area (Å²) in [6.45, 7) is 2.23. The van der Waals surface area contributed by atoms with Crippen LogP contribution in [0.5, 0.6) is 5.75 Å². The maximum atomic E-state index is 13.0. The maximum Gasteiger partial charge on any atom is 0.416 e. The van der Waals surface area contributed by atoms with Gasteiger partial charge in [-0.2, -0.15) is 13.2 Å². The van der Waals surface area contributed by atoms with Crippen molar-refractivity contribution in [2.45, 2.75) is 19.5 Å². The highest BCUT2D eigenvalue weighted by Gasteiger charge is 2.39. The first-order valence-electron chi connectivity index (χ1n) is 8.93. The summed E-state index contributed by atoms with van der Waals surface area (Å²) in [4.78, 5) is 26.9. The van der Waals surface area contributed by atoms with Gasteiger partial charge in [0.05, 0.1) is 23.5 Å². The molecule has 0 spiro atoms. The predicted octanol–water partition coefficient (Wildman–Crippen LogP) is 4.86. The molecule has 2 amide bonds. The fourth-order valence-corrected chi connectivity index (χ4v) is 3.64. The van der Waals surface area contributed by atoms with Crippen LogP contribution >= 0.6 is 15.9 Å². The highest BCUT2D eigenvalue weighted by atomic mass is 79.9. The Morgan fingerprint density at radius 1 is 1.28 bits per heavy atom. The van der Waals surface area contributed by atoms with Gasteiger partial charge in [-0.05, 0) is 59.6 Å². The molecule has 5 nitrogen and oxygen atoms in total. The molecule has 1 heterocycles. The Bertz CT molecular complexity index is 933. The minimum Gasteiger partial charge on any atom is -0.492 e. The zero-order chi connectivity index (χ0) is 21.2. The van der Waals surface area contributed by atoms with Gasteiger partial charge in [-0.1, -0.05) is 12.1 Å². The number of alkyl halides is 3. The molecule has 0 bridgehead atoms. The number of ether oxygens (including phenoxy) is 1. The molecule has 2 aromatic carbocycles. The molecular formula is C20H18BrF3N2O3. The number of nitrogens with one attached hydrogen (secondary N) is 1. The van der Waals surface area contributed by atoms with E-state index in [2.05, 4.69) is 21.2 Å². The van der Waals surface area contributed by atoms with Crippen LogP contribution in [0.25, 0.3) is 0 Å². The van der Waals surface area contributed by atoms with Crippen LogP contribution in [0.4, 0.5) is 24.5 Å². The largest absolute Gasteiger partial charge is 0.492 e. The van der Waals surface area contributed by atoms with E-state index in [-0.39, 0.29) is 24.5 Å². The minimum absolute atomic E-state index is 0.112. The van der Waals surface area contributed by atoms with Gasteiger partial charge in [-0.3, -0.25) is 9.59 Å². The molecule has 29 heavy (non-hydrogen) atoms. The smallest absolute Gasteiger partial charge is 0.416 e. The lowest BCUT2D eigenvalue weighted by atomic mass is 10.1. The second-order valence-electron chi connectivity index (χ2n) is 6.41. The van der Waals surface area contributed by atoms with Crippen molar-refractivity contribution in [1.82, 2.24) is 0 Å². The summed E-state index contributed by atoms with van der Waals surface area (Å²) in [6.07, 6.45) is -4.31. The Hall–Kier alpha value is -2.55. The zero-order valence-corrected chi connectivity index (χ0v) is 17.0. The molecule has 1 fully saturated rings. The van der Waals surface area contributed by atoms with E-state index in [4.69, 9.17) is 4.74 Å². The number of hydrogen-bond acceptors (Lipinski definition) is 3. The fourth-order valence-electron chi connectivity index (χ4n) is 3.14. The molecule has 1 aliphatic rings. The number of para-hydroxylation sites is 1. The molecule has 1 N–H and O–H groups in total. The highest BCUT2D eigenvalue weighted by Crippen LogP contribution is 2.36. The van der Waals surface area contributed by atoms with Gasteiger partial charge in [-0.15, -0.1) is 0 Å². The molecule has 0 saturated carbocycles. The lowest BCUT2D eigenvalue weighted by Crippen LogP contribution is -2.33. The van der Waals surface area contributed by atoms with Crippen LogP contribution in [0.2, 0.25) is 0 Å². The van der Waals surface area contributed by atoms with E-state index in [1.165, 1.54) is 4.90 Å². The van der Waals surface area contributed by atoms with Gasteiger partial charge in [0.15, 0.2) is 0 Å². The summed E-state index contributed by atoms with van der Waals surface area (Å²) in [6, 6.07) is 9.98. The predicted molar refractivity (Wildman–Crippen MR) is 106 cm³/mol. The molecular weight excluding hydrogens is 453 g/mol. The molecule has 9 heteroatoms. The second-order valence-corrected chi connectivity index (χ2v) is 7.27. The summed E-state index contributed by atoms with van der Waals surface area (Å²) >= 11 is 3.38. The minimum atomic E-state index is -4.57. The van der Waals surface area contributed by atoms with Crippen LogP contribution in [0.1, 0.15) is 18.9 Å². The first-order valence-corrected chi connectivity index (χ1v) is 9.72. The molecule has 1 saturated heterocycles. The van der Waals surface area contributed by atoms with Crippen molar-refractivity contribution in [1.29, 1.82) is 0 Å². The van der Waals surface area contributed by atoms with Gasteiger partial charge in [0, 0.05) is 11.0 Å². The summed E-state index contributed by atoms with van der Waals surface area (Å²) in [7, 11) is 0. The molecule has 0 aliphatic carbocycles. The molecule has 3 rings (SSSR count). The molecule has 1 atom stereocenters. The van der Waals surface area contributed by atoms with Crippen LogP contribution in [-0.4, -0.2) is 25.0 Å². The third-order valence-electron chi connectivity index (χ3n) is 4.53. The van der Waals surface area contributed by atoms with Crippen molar-refractivity contribution in [3.8, 4) is 5.75 Å². The fraction of sp³-hybridized carbons (Fsp3) is 0.300. The van der Waals surface area contributed by atoms with Crippen LogP contribution in [0.3, 0.4) is 0 Å². The number of benzene rings is 2. The Morgan fingerprint density at radius 3 is 2.66 bits per heavy atom. The van der Waals surface area contributed by atoms with Crippen molar-refractivity contribution in [3.63, 3.8) is 0 Å².